The Morgan fingerprint density at radius 3 is 1.95 bits per heavy atom. The number of carbonyl (C=O) groups is 2. The molecule has 0 aliphatic carbocycles. The summed E-state index contributed by atoms with van der Waals surface area (Å²) in [5.41, 5.74) is 2.18. The second-order valence-electron chi connectivity index (χ2n) is 9.94. The van der Waals surface area contributed by atoms with Crippen molar-refractivity contribution in [2.45, 2.75) is 43.5 Å². The fraction of sp³-hybridized carbons (Fsp3) is 0.250. The minimum absolute atomic E-state index is 0.187. The summed E-state index contributed by atoms with van der Waals surface area (Å²) in [6.45, 7) is 0.403. The van der Waals surface area contributed by atoms with Crippen molar-refractivity contribution in [1.29, 1.82) is 0 Å². The van der Waals surface area contributed by atoms with E-state index in [-0.39, 0.29) is 24.6 Å². The normalized spacial score (nSPS) is 25.1. The van der Waals surface area contributed by atoms with E-state index in [1.54, 1.807) is 42.6 Å². The maximum atomic E-state index is 13.5. The van der Waals surface area contributed by atoms with E-state index in [1.807, 2.05) is 60.7 Å². The lowest BCUT2D eigenvalue weighted by molar-refractivity contribution is -0.329. The third-order valence-corrected chi connectivity index (χ3v) is 7.12. The number of ether oxygens (including phenoxy) is 4. The topological polar surface area (TPSA) is 121 Å². The highest BCUT2D eigenvalue weighted by atomic mass is 16.7. The van der Waals surface area contributed by atoms with Crippen molar-refractivity contribution in [1.82, 2.24) is 20.6 Å². The van der Waals surface area contributed by atoms with Gasteiger partial charge in [0.25, 0.3) is 11.8 Å². The fourth-order valence-electron chi connectivity index (χ4n) is 5.06. The molecular formula is C32H30N4O6. The molecule has 2 fully saturated rings. The zero-order valence-corrected chi connectivity index (χ0v) is 22.6. The Hall–Kier alpha value is -4.48. The molecule has 214 valence electrons. The molecule has 0 bridgehead atoms. The quantitative estimate of drug-likeness (QED) is 0.333. The lowest BCUT2D eigenvalue weighted by Gasteiger charge is -2.49. The molecule has 6 rings (SSSR count). The van der Waals surface area contributed by atoms with Crippen LogP contribution in [0.25, 0.3) is 0 Å². The van der Waals surface area contributed by atoms with Crippen molar-refractivity contribution in [3.63, 3.8) is 0 Å². The van der Waals surface area contributed by atoms with Crippen LogP contribution in [0.5, 0.6) is 0 Å². The molecule has 2 amide bonds. The molecule has 2 saturated heterocycles. The number of nitrogens with zero attached hydrogens (tertiary/aromatic N) is 2. The smallest absolute Gasteiger partial charge is 0.270 e. The Labute approximate surface area is 243 Å². The van der Waals surface area contributed by atoms with Crippen LogP contribution in [0.4, 0.5) is 0 Å². The fourth-order valence-corrected chi connectivity index (χ4v) is 5.06. The Balaban J connectivity index is 1.33. The van der Waals surface area contributed by atoms with Gasteiger partial charge in [-0.1, -0.05) is 72.8 Å². The van der Waals surface area contributed by atoms with Crippen LogP contribution in [0.2, 0.25) is 0 Å². The number of hydrogen-bond donors (Lipinski definition) is 2. The summed E-state index contributed by atoms with van der Waals surface area (Å²) in [7, 11) is 0. The van der Waals surface area contributed by atoms with Crippen molar-refractivity contribution >= 4 is 11.8 Å². The van der Waals surface area contributed by atoms with E-state index in [0.29, 0.717) is 0 Å². The Bertz CT molecular complexity index is 1460. The lowest BCUT2D eigenvalue weighted by atomic mass is 9.92. The van der Waals surface area contributed by atoms with Crippen LogP contribution < -0.4 is 10.6 Å². The van der Waals surface area contributed by atoms with Gasteiger partial charge in [0, 0.05) is 18.0 Å². The summed E-state index contributed by atoms with van der Waals surface area (Å²) < 4.78 is 25.1. The van der Waals surface area contributed by atoms with Gasteiger partial charge in [-0.2, -0.15) is 0 Å². The molecular weight excluding hydrogens is 536 g/mol. The number of amides is 2. The van der Waals surface area contributed by atoms with Crippen molar-refractivity contribution in [3.05, 3.63) is 132 Å². The molecule has 0 spiro atoms. The summed E-state index contributed by atoms with van der Waals surface area (Å²) in [4.78, 5) is 35.3. The molecule has 42 heavy (non-hydrogen) atoms. The standard InChI is InChI=1S/C32H30N4O6/c37-29(23-15-7-9-17-33-23)35-26-27(36-30(38)24-16-8-10-18-34-24)32(39-19-21-11-3-1-4-12-21)41-25-20-40-31(42-28(25)26)22-13-5-2-6-14-22/h1-18,25-28,31-32H,19-20H2,(H,35,37)(H,36,38)/t25-,26-,27-,28-,31-,32+/m1/s1. The highest BCUT2D eigenvalue weighted by molar-refractivity contribution is 5.93. The van der Waals surface area contributed by atoms with Crippen molar-refractivity contribution in [2.75, 3.05) is 6.61 Å². The van der Waals surface area contributed by atoms with Gasteiger partial charge in [-0.15, -0.1) is 0 Å². The van der Waals surface area contributed by atoms with Crippen LogP contribution in [0.15, 0.2) is 109 Å². The molecule has 10 heteroatoms. The molecule has 0 saturated carbocycles. The molecule has 0 radical (unpaired) electrons. The number of carbonyl (C=O) groups excluding carboxylic acids is 2. The van der Waals surface area contributed by atoms with Crippen LogP contribution in [0.3, 0.4) is 0 Å². The second kappa shape index (κ2) is 13.0. The van der Waals surface area contributed by atoms with Gasteiger partial charge in [-0.05, 0) is 29.8 Å². The van der Waals surface area contributed by atoms with Crippen LogP contribution in [0, 0.1) is 0 Å². The number of hydrogen-bond acceptors (Lipinski definition) is 8. The Morgan fingerprint density at radius 1 is 0.738 bits per heavy atom. The van der Waals surface area contributed by atoms with Gasteiger partial charge in [-0.3, -0.25) is 19.6 Å². The molecule has 2 aliphatic heterocycles. The maximum Gasteiger partial charge on any atom is 0.270 e. The van der Waals surface area contributed by atoms with Gasteiger partial charge in [-0.25, -0.2) is 0 Å². The first kappa shape index (κ1) is 27.7. The average molecular weight is 567 g/mol. The van der Waals surface area contributed by atoms with E-state index < -0.39 is 48.7 Å². The van der Waals surface area contributed by atoms with Crippen molar-refractivity contribution in [3.8, 4) is 0 Å². The number of fused-ring (bicyclic) bond motifs is 1. The van der Waals surface area contributed by atoms with Crippen LogP contribution in [0.1, 0.15) is 38.4 Å². The van der Waals surface area contributed by atoms with Crippen LogP contribution >= 0.6 is 0 Å². The first-order valence-corrected chi connectivity index (χ1v) is 13.7. The van der Waals surface area contributed by atoms with Crippen LogP contribution in [-0.4, -0.2) is 59.0 Å². The molecule has 0 unspecified atom stereocenters. The molecule has 2 N–H and O–H groups in total. The number of rotatable bonds is 8. The minimum atomic E-state index is -0.950. The van der Waals surface area contributed by atoms with Crippen molar-refractivity contribution in [2.24, 2.45) is 0 Å². The predicted octanol–water partition coefficient (Wildman–Crippen LogP) is 3.43. The van der Waals surface area contributed by atoms with Crippen LogP contribution in [-0.2, 0) is 25.6 Å². The Morgan fingerprint density at radius 2 is 1.33 bits per heavy atom. The Kier molecular flexibility index (Phi) is 8.57. The monoisotopic (exact) mass is 566 g/mol. The number of benzene rings is 2. The van der Waals surface area contributed by atoms with E-state index in [1.165, 1.54) is 6.20 Å². The number of pyridine rings is 2. The SMILES string of the molecule is O=C(N[C@@H]1[C@@H](NC(=O)c2ccccn2)[C@@H](OCc2ccccc2)O[C@@H]2CO[C@@H](c3ccccc3)O[C@@H]12)c1ccccn1. The van der Waals surface area contributed by atoms with E-state index in [9.17, 15) is 9.59 Å². The molecule has 4 heterocycles. The molecule has 4 aromatic rings. The van der Waals surface area contributed by atoms with Gasteiger partial charge in [0.2, 0.25) is 0 Å². The lowest BCUT2D eigenvalue weighted by Crippen LogP contribution is -2.71. The highest BCUT2D eigenvalue weighted by Crippen LogP contribution is 2.35. The van der Waals surface area contributed by atoms with Gasteiger partial charge >= 0.3 is 0 Å². The summed E-state index contributed by atoms with van der Waals surface area (Å²) >= 11 is 0. The summed E-state index contributed by atoms with van der Waals surface area (Å²) in [5.74, 6) is -0.869. The van der Waals surface area contributed by atoms with Crippen molar-refractivity contribution < 1.29 is 28.5 Å². The van der Waals surface area contributed by atoms with E-state index in [0.717, 1.165) is 11.1 Å². The molecule has 2 aliphatic rings. The minimum Gasteiger partial charge on any atom is -0.346 e. The second-order valence-corrected chi connectivity index (χ2v) is 9.94. The first-order valence-electron chi connectivity index (χ1n) is 13.7. The van der Waals surface area contributed by atoms with E-state index >= 15 is 0 Å². The van der Waals surface area contributed by atoms with E-state index in [4.69, 9.17) is 18.9 Å². The number of aromatic nitrogens is 2. The largest absolute Gasteiger partial charge is 0.346 e. The van der Waals surface area contributed by atoms with E-state index in [2.05, 4.69) is 20.6 Å². The summed E-state index contributed by atoms with van der Waals surface area (Å²) in [6.07, 6.45) is 0.153. The predicted molar refractivity (Wildman–Crippen MR) is 151 cm³/mol. The molecule has 6 atom stereocenters. The molecule has 2 aromatic heterocycles. The zero-order chi connectivity index (χ0) is 28.7. The number of nitrogens with one attached hydrogen (secondary N) is 2. The third kappa shape index (κ3) is 6.37. The third-order valence-electron chi connectivity index (χ3n) is 7.12. The van der Waals surface area contributed by atoms with Gasteiger partial charge in [0.15, 0.2) is 12.6 Å². The zero-order valence-electron chi connectivity index (χ0n) is 22.6. The maximum absolute atomic E-state index is 13.5. The van der Waals surface area contributed by atoms with Gasteiger partial charge < -0.3 is 29.6 Å². The summed E-state index contributed by atoms with van der Waals surface area (Å²) in [5, 5.41) is 6.07. The highest BCUT2D eigenvalue weighted by Gasteiger charge is 2.51. The first-order chi connectivity index (χ1) is 20.7. The van der Waals surface area contributed by atoms with Gasteiger partial charge in [0.1, 0.15) is 29.6 Å². The average Bonchev–Trinajstić information content (AvgIpc) is 3.06. The summed E-state index contributed by atoms with van der Waals surface area (Å²) in [6, 6.07) is 27.7. The van der Waals surface area contributed by atoms with Gasteiger partial charge in [0.05, 0.1) is 19.3 Å². The molecule has 10 nitrogen and oxygen atoms in total. The molecule has 2 aromatic carbocycles.